The van der Waals surface area contributed by atoms with Gasteiger partial charge in [-0.3, -0.25) is 0 Å². The minimum Gasteiger partial charge on any atom is -0.378 e. The van der Waals surface area contributed by atoms with Crippen molar-refractivity contribution in [3.63, 3.8) is 0 Å². The smallest absolute Gasteiger partial charge is 0.0707 e. The van der Waals surface area contributed by atoms with Gasteiger partial charge in [-0.2, -0.15) is 0 Å². The van der Waals surface area contributed by atoms with E-state index in [0.29, 0.717) is 71.4 Å². The topological polar surface area (TPSA) is 58.2 Å². The van der Waals surface area contributed by atoms with Gasteiger partial charge in [0.25, 0.3) is 0 Å². The molecule has 0 heterocycles. The molecule has 0 aliphatic carbocycles. The maximum absolute atomic E-state index is 5.56. The normalized spacial score (nSPS) is 13.6. The third-order valence-corrected chi connectivity index (χ3v) is 3.59. The number of ether oxygens (including phenoxy) is 5. The minimum absolute atomic E-state index is 0.107. The zero-order valence-corrected chi connectivity index (χ0v) is 17.3. The Kier molecular flexibility index (Phi) is 15.8. The molecule has 0 amide bonds. The van der Waals surface area contributed by atoms with Crippen LogP contribution in [0.2, 0.25) is 0 Å². The summed E-state index contributed by atoms with van der Waals surface area (Å²) in [4.78, 5) is 0. The molecule has 6 nitrogen and oxygen atoms in total. The van der Waals surface area contributed by atoms with E-state index in [-0.39, 0.29) is 5.60 Å². The lowest BCUT2D eigenvalue weighted by atomic mass is 10.1. The van der Waals surface area contributed by atoms with Crippen LogP contribution in [0.3, 0.4) is 0 Å². The van der Waals surface area contributed by atoms with E-state index in [2.05, 4.69) is 26.1 Å². The van der Waals surface area contributed by atoms with E-state index in [1.54, 1.807) is 0 Å². The van der Waals surface area contributed by atoms with Crippen molar-refractivity contribution in [2.45, 2.75) is 53.2 Å². The summed E-state index contributed by atoms with van der Waals surface area (Å²) in [6.45, 7) is 19.1. The highest BCUT2D eigenvalue weighted by Gasteiger charge is 2.08. The zero-order valence-electron chi connectivity index (χ0n) is 17.3. The van der Waals surface area contributed by atoms with Crippen molar-refractivity contribution in [1.29, 1.82) is 0 Å². The van der Waals surface area contributed by atoms with E-state index in [4.69, 9.17) is 23.7 Å². The summed E-state index contributed by atoms with van der Waals surface area (Å²) < 4.78 is 27.4. The Hall–Kier alpha value is -0.240. The van der Waals surface area contributed by atoms with Gasteiger partial charge in [-0.05, 0) is 33.6 Å². The molecule has 0 unspecified atom stereocenters. The van der Waals surface area contributed by atoms with E-state index < -0.39 is 0 Å². The van der Waals surface area contributed by atoms with Gasteiger partial charge in [0.2, 0.25) is 0 Å². The van der Waals surface area contributed by atoms with Gasteiger partial charge in [-0.1, -0.05) is 13.8 Å². The first kappa shape index (κ1) is 24.8. The molecule has 1 atom stereocenters. The lowest BCUT2D eigenvalue weighted by Gasteiger charge is -2.19. The Morgan fingerprint density at radius 2 is 1.04 bits per heavy atom. The minimum atomic E-state index is -0.107. The molecule has 6 heteroatoms. The molecule has 0 saturated carbocycles. The van der Waals surface area contributed by atoms with Crippen LogP contribution in [0.15, 0.2) is 0 Å². The van der Waals surface area contributed by atoms with E-state index in [9.17, 15) is 0 Å². The standard InChI is InChI=1S/C19H41NO5/c1-17(2)18(3)20-7-8-21-9-10-22-11-12-23-13-14-24-15-16-25-19(4,5)6/h17-18,20H,7-16H2,1-6H3/t18-/m0/s1. The monoisotopic (exact) mass is 363 g/mol. The van der Waals surface area contributed by atoms with Crippen LogP contribution in [0, 0.1) is 5.92 Å². The molecule has 0 saturated heterocycles. The summed E-state index contributed by atoms with van der Waals surface area (Å²) in [5.41, 5.74) is -0.107. The van der Waals surface area contributed by atoms with Crippen LogP contribution in [0.5, 0.6) is 0 Å². The van der Waals surface area contributed by atoms with Gasteiger partial charge in [0, 0.05) is 12.6 Å². The van der Waals surface area contributed by atoms with E-state index in [0.717, 1.165) is 6.54 Å². The Bertz CT molecular complexity index is 281. The fourth-order valence-corrected chi connectivity index (χ4v) is 1.76. The lowest BCUT2D eigenvalue weighted by molar-refractivity contribution is -0.0459. The zero-order chi connectivity index (χ0) is 19.0. The second-order valence-electron chi connectivity index (χ2n) is 7.40. The fourth-order valence-electron chi connectivity index (χ4n) is 1.76. The van der Waals surface area contributed by atoms with Gasteiger partial charge in [0.05, 0.1) is 65.1 Å². The summed E-state index contributed by atoms with van der Waals surface area (Å²) in [5.74, 6) is 0.644. The first-order chi connectivity index (χ1) is 11.8. The average molecular weight is 364 g/mol. The van der Waals surface area contributed by atoms with Crippen molar-refractivity contribution in [3.05, 3.63) is 0 Å². The van der Waals surface area contributed by atoms with Crippen LogP contribution >= 0.6 is 0 Å². The van der Waals surface area contributed by atoms with Crippen molar-refractivity contribution in [1.82, 2.24) is 5.32 Å². The molecule has 0 aliphatic heterocycles. The Labute approximate surface area is 154 Å². The Balaban J connectivity index is 3.10. The van der Waals surface area contributed by atoms with Crippen molar-refractivity contribution >= 4 is 0 Å². The highest BCUT2D eigenvalue weighted by atomic mass is 16.6. The second-order valence-corrected chi connectivity index (χ2v) is 7.40. The molecule has 152 valence electrons. The van der Waals surface area contributed by atoms with Gasteiger partial charge in [0.1, 0.15) is 0 Å². The van der Waals surface area contributed by atoms with Crippen LogP contribution in [-0.2, 0) is 23.7 Å². The van der Waals surface area contributed by atoms with E-state index >= 15 is 0 Å². The molecule has 0 radical (unpaired) electrons. The predicted molar refractivity (Wildman–Crippen MR) is 101 cm³/mol. The molecule has 1 N–H and O–H groups in total. The molecular formula is C19H41NO5. The maximum Gasteiger partial charge on any atom is 0.0707 e. The largest absolute Gasteiger partial charge is 0.378 e. The van der Waals surface area contributed by atoms with Gasteiger partial charge in [-0.25, -0.2) is 0 Å². The SMILES string of the molecule is CC(C)[C@H](C)NCCOCCOCCOCCOCCOC(C)(C)C. The number of nitrogens with one attached hydrogen (secondary N) is 1. The van der Waals surface area contributed by atoms with Crippen molar-refractivity contribution in [2.24, 2.45) is 5.92 Å². The molecular weight excluding hydrogens is 322 g/mol. The molecule has 25 heavy (non-hydrogen) atoms. The van der Waals surface area contributed by atoms with Crippen LogP contribution in [0.25, 0.3) is 0 Å². The van der Waals surface area contributed by atoms with Gasteiger partial charge in [0.15, 0.2) is 0 Å². The highest BCUT2D eigenvalue weighted by Crippen LogP contribution is 2.05. The third-order valence-electron chi connectivity index (χ3n) is 3.59. The fraction of sp³-hybridized carbons (Fsp3) is 1.00. The second kappa shape index (κ2) is 16.0. The third kappa shape index (κ3) is 19.9. The van der Waals surface area contributed by atoms with Gasteiger partial charge >= 0.3 is 0 Å². The summed E-state index contributed by atoms with van der Waals surface area (Å²) in [7, 11) is 0. The van der Waals surface area contributed by atoms with E-state index in [1.807, 2.05) is 20.8 Å². The van der Waals surface area contributed by atoms with Crippen LogP contribution in [0.4, 0.5) is 0 Å². The number of hydrogen-bond donors (Lipinski definition) is 1. The molecule has 0 aromatic carbocycles. The predicted octanol–water partition coefficient (Wildman–Crippen LogP) is 2.50. The molecule has 0 aromatic rings. The molecule has 0 fully saturated rings. The van der Waals surface area contributed by atoms with E-state index in [1.165, 1.54) is 0 Å². The summed E-state index contributed by atoms with van der Waals surface area (Å²) in [5, 5.41) is 3.43. The number of hydrogen-bond acceptors (Lipinski definition) is 6. The van der Waals surface area contributed by atoms with Crippen LogP contribution in [0.1, 0.15) is 41.5 Å². The molecule has 0 aromatic heterocycles. The van der Waals surface area contributed by atoms with Crippen LogP contribution in [-0.4, -0.2) is 77.6 Å². The van der Waals surface area contributed by atoms with Crippen molar-refractivity contribution in [3.8, 4) is 0 Å². The van der Waals surface area contributed by atoms with Gasteiger partial charge in [-0.15, -0.1) is 0 Å². The van der Waals surface area contributed by atoms with Gasteiger partial charge < -0.3 is 29.0 Å². The summed E-state index contributed by atoms with van der Waals surface area (Å²) in [6.07, 6.45) is 0. The molecule has 0 rings (SSSR count). The molecule has 0 aliphatic rings. The average Bonchev–Trinajstić information content (AvgIpc) is 2.53. The Morgan fingerprint density at radius 3 is 1.44 bits per heavy atom. The highest BCUT2D eigenvalue weighted by molar-refractivity contribution is 4.63. The molecule has 0 bridgehead atoms. The van der Waals surface area contributed by atoms with Crippen molar-refractivity contribution < 1.29 is 23.7 Å². The molecule has 0 spiro atoms. The Morgan fingerprint density at radius 1 is 0.640 bits per heavy atom. The lowest BCUT2D eigenvalue weighted by Crippen LogP contribution is -2.33. The first-order valence-corrected chi connectivity index (χ1v) is 9.51. The quantitative estimate of drug-likeness (QED) is 0.401. The maximum atomic E-state index is 5.56. The number of rotatable bonds is 17. The first-order valence-electron chi connectivity index (χ1n) is 9.51. The summed E-state index contributed by atoms with van der Waals surface area (Å²) in [6, 6.07) is 0.520. The summed E-state index contributed by atoms with van der Waals surface area (Å²) >= 11 is 0. The van der Waals surface area contributed by atoms with Crippen LogP contribution < -0.4 is 5.32 Å². The van der Waals surface area contributed by atoms with Crippen molar-refractivity contribution in [2.75, 3.05) is 66.0 Å².